The summed E-state index contributed by atoms with van der Waals surface area (Å²) in [5.74, 6) is 2.31. The highest BCUT2D eigenvalue weighted by atomic mass is 79.9. The first-order valence-electron chi connectivity index (χ1n) is 6.71. The molecule has 0 bridgehead atoms. The van der Waals surface area contributed by atoms with E-state index in [-0.39, 0.29) is 0 Å². The van der Waals surface area contributed by atoms with Gasteiger partial charge in [-0.2, -0.15) is 0 Å². The van der Waals surface area contributed by atoms with Gasteiger partial charge in [-0.25, -0.2) is 9.97 Å². The lowest BCUT2D eigenvalue weighted by Gasteiger charge is -2.18. The third-order valence-corrected chi connectivity index (χ3v) is 3.71. The molecule has 2 aromatic rings. The van der Waals surface area contributed by atoms with Crippen molar-refractivity contribution in [3.8, 4) is 0 Å². The maximum atomic E-state index is 4.62. The lowest BCUT2D eigenvalue weighted by Crippen LogP contribution is -2.11. The SMILES string of the molecule is CN(C)c1ccccc1Nc1cc(Br)nc(C2CC2)n1. The Balaban J connectivity index is 1.91. The Hall–Kier alpha value is -1.62. The van der Waals surface area contributed by atoms with Crippen LogP contribution in [-0.2, 0) is 0 Å². The van der Waals surface area contributed by atoms with Crippen molar-refractivity contribution >= 4 is 33.1 Å². The largest absolute Gasteiger partial charge is 0.376 e. The minimum absolute atomic E-state index is 0.539. The Morgan fingerprint density at radius 3 is 2.65 bits per heavy atom. The van der Waals surface area contributed by atoms with Crippen molar-refractivity contribution in [2.24, 2.45) is 0 Å². The summed E-state index contributed by atoms with van der Waals surface area (Å²) < 4.78 is 0.833. The molecule has 1 N–H and O–H groups in total. The number of nitrogens with zero attached hydrogens (tertiary/aromatic N) is 3. The summed E-state index contributed by atoms with van der Waals surface area (Å²) in [5.41, 5.74) is 2.18. The summed E-state index contributed by atoms with van der Waals surface area (Å²) in [7, 11) is 4.07. The van der Waals surface area contributed by atoms with Crippen molar-refractivity contribution in [1.29, 1.82) is 0 Å². The lowest BCUT2D eigenvalue weighted by atomic mass is 10.2. The predicted molar refractivity (Wildman–Crippen MR) is 85.8 cm³/mol. The molecule has 0 saturated heterocycles. The first kappa shape index (κ1) is 13.4. The third-order valence-electron chi connectivity index (χ3n) is 3.30. The monoisotopic (exact) mass is 332 g/mol. The van der Waals surface area contributed by atoms with Crippen LogP contribution in [0.5, 0.6) is 0 Å². The fourth-order valence-electron chi connectivity index (χ4n) is 2.13. The van der Waals surface area contributed by atoms with Gasteiger partial charge in [0.2, 0.25) is 0 Å². The molecule has 0 atom stereocenters. The highest BCUT2D eigenvalue weighted by Crippen LogP contribution is 2.39. The van der Waals surface area contributed by atoms with Crippen LogP contribution >= 0.6 is 15.9 Å². The zero-order valence-electron chi connectivity index (χ0n) is 11.6. The van der Waals surface area contributed by atoms with Crippen molar-refractivity contribution in [2.45, 2.75) is 18.8 Å². The molecule has 1 aliphatic rings. The molecule has 4 nitrogen and oxygen atoms in total. The molecule has 0 spiro atoms. The molecule has 0 radical (unpaired) electrons. The minimum atomic E-state index is 0.539. The van der Waals surface area contributed by atoms with Gasteiger partial charge in [0.25, 0.3) is 0 Å². The van der Waals surface area contributed by atoms with Crippen LogP contribution in [-0.4, -0.2) is 24.1 Å². The molecule has 1 fully saturated rings. The number of anilines is 3. The van der Waals surface area contributed by atoms with E-state index < -0.39 is 0 Å². The number of benzene rings is 1. The number of halogens is 1. The Kier molecular flexibility index (Phi) is 3.61. The molecule has 0 amide bonds. The van der Waals surface area contributed by atoms with E-state index in [9.17, 15) is 0 Å². The van der Waals surface area contributed by atoms with Crippen LogP contribution in [0.4, 0.5) is 17.2 Å². The van der Waals surface area contributed by atoms with Gasteiger partial charge in [0.15, 0.2) is 0 Å². The number of hydrogen-bond donors (Lipinski definition) is 1. The van der Waals surface area contributed by atoms with E-state index in [1.807, 2.05) is 32.3 Å². The lowest BCUT2D eigenvalue weighted by molar-refractivity contribution is 0.919. The van der Waals surface area contributed by atoms with Gasteiger partial charge in [0.05, 0.1) is 11.4 Å². The average molecular weight is 333 g/mol. The minimum Gasteiger partial charge on any atom is -0.376 e. The molecule has 0 aliphatic heterocycles. The van der Waals surface area contributed by atoms with E-state index in [1.54, 1.807) is 0 Å². The van der Waals surface area contributed by atoms with Crippen molar-refractivity contribution in [1.82, 2.24) is 9.97 Å². The van der Waals surface area contributed by atoms with Gasteiger partial charge in [-0.3, -0.25) is 0 Å². The van der Waals surface area contributed by atoms with Crippen molar-refractivity contribution in [3.05, 3.63) is 40.8 Å². The summed E-state index contributed by atoms with van der Waals surface area (Å²) in [4.78, 5) is 11.2. The van der Waals surface area contributed by atoms with Gasteiger partial charge in [-0.15, -0.1) is 0 Å². The maximum absolute atomic E-state index is 4.62. The van der Waals surface area contributed by atoms with Gasteiger partial charge < -0.3 is 10.2 Å². The molecule has 104 valence electrons. The fraction of sp³-hybridized carbons (Fsp3) is 0.333. The van der Waals surface area contributed by atoms with Crippen LogP contribution in [0.25, 0.3) is 0 Å². The second kappa shape index (κ2) is 5.40. The van der Waals surface area contributed by atoms with Crippen LogP contribution in [0.15, 0.2) is 34.9 Å². The van der Waals surface area contributed by atoms with Crippen molar-refractivity contribution in [2.75, 3.05) is 24.3 Å². The van der Waals surface area contributed by atoms with Gasteiger partial charge >= 0.3 is 0 Å². The molecule has 1 aromatic carbocycles. The highest BCUT2D eigenvalue weighted by molar-refractivity contribution is 9.10. The molecular weight excluding hydrogens is 316 g/mol. The Morgan fingerprint density at radius 2 is 1.95 bits per heavy atom. The Bertz CT molecular complexity index is 623. The van der Waals surface area contributed by atoms with E-state index in [4.69, 9.17) is 0 Å². The molecule has 3 rings (SSSR count). The molecule has 1 saturated carbocycles. The number of hydrogen-bond acceptors (Lipinski definition) is 4. The van der Waals surface area contributed by atoms with Crippen molar-refractivity contribution < 1.29 is 0 Å². The first-order chi connectivity index (χ1) is 9.63. The van der Waals surface area contributed by atoms with E-state index in [0.29, 0.717) is 5.92 Å². The van der Waals surface area contributed by atoms with Crippen LogP contribution < -0.4 is 10.2 Å². The molecular formula is C15H17BrN4. The number of nitrogens with one attached hydrogen (secondary N) is 1. The standard InChI is InChI=1S/C15H17BrN4/c1-20(2)12-6-4-3-5-11(12)17-14-9-13(16)18-15(19-14)10-7-8-10/h3-6,9-10H,7-8H2,1-2H3,(H,17,18,19). The quantitative estimate of drug-likeness (QED) is 0.861. The van der Waals surface area contributed by atoms with Gasteiger partial charge in [0.1, 0.15) is 16.2 Å². The summed E-state index contributed by atoms with van der Waals surface area (Å²) in [6.45, 7) is 0. The summed E-state index contributed by atoms with van der Waals surface area (Å²) in [5, 5.41) is 3.39. The second-order valence-corrected chi connectivity index (χ2v) is 6.06. The van der Waals surface area contributed by atoms with Crippen LogP contribution in [0.3, 0.4) is 0 Å². The highest BCUT2D eigenvalue weighted by Gasteiger charge is 2.27. The number of rotatable bonds is 4. The zero-order chi connectivity index (χ0) is 14.1. The number of para-hydroxylation sites is 2. The fourth-order valence-corrected chi connectivity index (χ4v) is 2.53. The Morgan fingerprint density at radius 1 is 1.20 bits per heavy atom. The predicted octanol–water partition coefficient (Wildman–Crippen LogP) is 3.93. The molecule has 1 heterocycles. The Labute approximate surface area is 127 Å². The van der Waals surface area contributed by atoms with Gasteiger partial charge in [-0.05, 0) is 40.9 Å². The summed E-state index contributed by atoms with van der Waals surface area (Å²) >= 11 is 3.47. The average Bonchev–Trinajstić information content (AvgIpc) is 3.22. The first-order valence-corrected chi connectivity index (χ1v) is 7.50. The molecule has 5 heteroatoms. The smallest absolute Gasteiger partial charge is 0.135 e. The van der Waals surface area contributed by atoms with Gasteiger partial charge in [0, 0.05) is 26.1 Å². The van der Waals surface area contributed by atoms with Crippen LogP contribution in [0.1, 0.15) is 24.6 Å². The third kappa shape index (κ3) is 2.93. The van der Waals surface area contributed by atoms with Crippen molar-refractivity contribution in [3.63, 3.8) is 0 Å². The maximum Gasteiger partial charge on any atom is 0.135 e. The van der Waals surface area contributed by atoms with E-state index in [1.165, 1.54) is 12.8 Å². The molecule has 0 unspecified atom stereocenters. The van der Waals surface area contributed by atoms with Crippen LogP contribution in [0.2, 0.25) is 0 Å². The van der Waals surface area contributed by atoms with E-state index in [0.717, 1.165) is 27.6 Å². The summed E-state index contributed by atoms with van der Waals surface area (Å²) in [6.07, 6.45) is 2.40. The molecule has 20 heavy (non-hydrogen) atoms. The zero-order valence-corrected chi connectivity index (χ0v) is 13.2. The normalized spacial score (nSPS) is 14.2. The van der Waals surface area contributed by atoms with Gasteiger partial charge in [-0.1, -0.05) is 12.1 Å². The molecule has 1 aliphatic carbocycles. The summed E-state index contributed by atoms with van der Waals surface area (Å²) in [6, 6.07) is 10.1. The van der Waals surface area contributed by atoms with E-state index >= 15 is 0 Å². The van der Waals surface area contributed by atoms with Crippen LogP contribution in [0, 0.1) is 0 Å². The second-order valence-electron chi connectivity index (χ2n) is 5.24. The topological polar surface area (TPSA) is 41.0 Å². The van der Waals surface area contributed by atoms with E-state index in [2.05, 4.69) is 48.2 Å². The number of aromatic nitrogens is 2. The molecule has 1 aromatic heterocycles.